The molecule has 0 heterocycles. The van der Waals surface area contributed by atoms with Gasteiger partial charge in [0.25, 0.3) is 0 Å². The Labute approximate surface area is 120 Å². The highest BCUT2D eigenvalue weighted by atomic mass is 16.6. The van der Waals surface area contributed by atoms with E-state index < -0.39 is 30.3 Å². The molecule has 0 aromatic carbocycles. The minimum atomic E-state index is -1.03. The van der Waals surface area contributed by atoms with Crippen LogP contribution in [0.2, 0.25) is 0 Å². The molecule has 20 heavy (non-hydrogen) atoms. The van der Waals surface area contributed by atoms with Crippen molar-refractivity contribution >= 4 is 12.0 Å². The van der Waals surface area contributed by atoms with Crippen molar-refractivity contribution in [2.75, 3.05) is 13.2 Å². The highest BCUT2D eigenvalue weighted by molar-refractivity contribution is 5.86. The van der Waals surface area contributed by atoms with Gasteiger partial charge in [0.05, 0.1) is 6.61 Å². The van der Waals surface area contributed by atoms with Gasteiger partial charge in [-0.2, -0.15) is 0 Å². The van der Waals surface area contributed by atoms with Crippen LogP contribution in [0, 0.1) is 0 Å². The molecule has 0 fully saturated rings. The first kappa shape index (κ1) is 18.7. The normalized spacial score (nSPS) is 14.3. The van der Waals surface area contributed by atoms with Gasteiger partial charge in [0.2, 0.25) is 5.91 Å². The number of rotatable bonds is 7. The maximum Gasteiger partial charge on any atom is 0.408 e. The van der Waals surface area contributed by atoms with E-state index in [1.807, 2.05) is 6.92 Å². The summed E-state index contributed by atoms with van der Waals surface area (Å²) in [7, 11) is 0. The Morgan fingerprint density at radius 1 is 1.30 bits per heavy atom. The number of carbonyl (C=O) groups excluding carboxylic acids is 2. The topological polar surface area (TPSA) is 114 Å². The van der Waals surface area contributed by atoms with E-state index in [4.69, 9.17) is 10.5 Å². The minimum absolute atomic E-state index is 0.0676. The van der Waals surface area contributed by atoms with E-state index in [-0.39, 0.29) is 6.04 Å². The fourth-order valence-corrected chi connectivity index (χ4v) is 1.53. The quantitative estimate of drug-likeness (QED) is 0.531. The second kappa shape index (κ2) is 8.76. The van der Waals surface area contributed by atoms with Crippen LogP contribution in [0.25, 0.3) is 0 Å². The molecule has 5 N–H and O–H groups in total. The highest BCUT2D eigenvalue weighted by Crippen LogP contribution is 2.06. The molecule has 2 unspecified atom stereocenters. The molecule has 2 atom stereocenters. The first-order valence-electron chi connectivity index (χ1n) is 6.84. The summed E-state index contributed by atoms with van der Waals surface area (Å²) in [5.41, 5.74) is 4.79. The lowest BCUT2D eigenvalue weighted by Crippen LogP contribution is -2.52. The third-order valence-corrected chi connectivity index (χ3v) is 2.54. The van der Waals surface area contributed by atoms with Crippen molar-refractivity contribution in [3.8, 4) is 0 Å². The van der Waals surface area contributed by atoms with E-state index in [2.05, 4.69) is 10.6 Å². The molecule has 0 radical (unpaired) electrons. The summed E-state index contributed by atoms with van der Waals surface area (Å²) in [6.45, 7) is 7.04. The molecule has 0 bridgehead atoms. The monoisotopic (exact) mass is 289 g/mol. The Bertz CT molecular complexity index is 315. The largest absolute Gasteiger partial charge is 0.444 e. The Balaban J connectivity index is 4.44. The number of hydrogen-bond acceptors (Lipinski definition) is 5. The first-order valence-corrected chi connectivity index (χ1v) is 6.84. The Hall–Kier alpha value is -1.34. The van der Waals surface area contributed by atoms with E-state index in [0.717, 1.165) is 6.42 Å². The van der Waals surface area contributed by atoms with Crippen LogP contribution in [0.15, 0.2) is 0 Å². The Morgan fingerprint density at radius 2 is 1.90 bits per heavy atom. The number of alkyl carbamates (subject to hydrolysis) is 1. The number of carbonyl (C=O) groups is 2. The van der Waals surface area contributed by atoms with Crippen molar-refractivity contribution in [2.24, 2.45) is 5.73 Å². The SMILES string of the molecule is CCC(CCN)NC(=O)C(CO)NC(=O)OC(C)(C)C. The number of aliphatic hydroxyl groups is 1. The van der Waals surface area contributed by atoms with Gasteiger partial charge in [-0.3, -0.25) is 4.79 Å². The third-order valence-electron chi connectivity index (χ3n) is 2.54. The van der Waals surface area contributed by atoms with E-state index in [1.54, 1.807) is 20.8 Å². The summed E-state index contributed by atoms with van der Waals surface area (Å²) in [4.78, 5) is 23.5. The molecule has 118 valence electrons. The lowest BCUT2D eigenvalue weighted by molar-refractivity contribution is -0.124. The van der Waals surface area contributed by atoms with Crippen LogP contribution in [-0.2, 0) is 9.53 Å². The molecule has 0 aromatic heterocycles. The lowest BCUT2D eigenvalue weighted by Gasteiger charge is -2.24. The standard InChI is InChI=1S/C13H27N3O4/c1-5-9(6-7-14)15-11(18)10(8-17)16-12(19)20-13(2,3)4/h9-10,17H,5-8,14H2,1-4H3,(H,15,18)(H,16,19). The van der Waals surface area contributed by atoms with Gasteiger partial charge in [0.1, 0.15) is 11.6 Å². The average molecular weight is 289 g/mol. The molecule has 0 spiro atoms. The molecule has 7 nitrogen and oxygen atoms in total. The molecule has 0 aliphatic heterocycles. The van der Waals surface area contributed by atoms with Gasteiger partial charge >= 0.3 is 6.09 Å². The summed E-state index contributed by atoms with van der Waals surface area (Å²) >= 11 is 0. The minimum Gasteiger partial charge on any atom is -0.444 e. The Kier molecular flexibility index (Phi) is 8.17. The number of nitrogens with one attached hydrogen (secondary N) is 2. The van der Waals surface area contributed by atoms with Gasteiger partial charge in [-0.05, 0) is 40.2 Å². The molecule has 7 heteroatoms. The molecule has 0 aliphatic carbocycles. The Morgan fingerprint density at radius 3 is 2.30 bits per heavy atom. The smallest absolute Gasteiger partial charge is 0.408 e. The summed E-state index contributed by atoms with van der Waals surface area (Å²) < 4.78 is 5.04. The average Bonchev–Trinajstić information content (AvgIpc) is 2.32. The number of nitrogens with two attached hydrogens (primary N) is 1. The molecular formula is C13H27N3O4. The van der Waals surface area contributed by atoms with Crippen molar-refractivity contribution in [2.45, 2.75) is 58.2 Å². The van der Waals surface area contributed by atoms with Crippen LogP contribution in [0.4, 0.5) is 4.79 Å². The molecule has 0 saturated carbocycles. The van der Waals surface area contributed by atoms with Crippen molar-refractivity contribution in [3.63, 3.8) is 0 Å². The predicted molar refractivity (Wildman–Crippen MR) is 76.1 cm³/mol. The molecule has 0 rings (SSSR count). The molecule has 0 aromatic rings. The number of hydrogen-bond donors (Lipinski definition) is 4. The van der Waals surface area contributed by atoms with Crippen molar-refractivity contribution < 1.29 is 19.4 Å². The van der Waals surface area contributed by atoms with E-state index in [9.17, 15) is 14.7 Å². The van der Waals surface area contributed by atoms with Crippen molar-refractivity contribution in [3.05, 3.63) is 0 Å². The van der Waals surface area contributed by atoms with Gasteiger partial charge in [-0.1, -0.05) is 6.92 Å². The first-order chi connectivity index (χ1) is 9.23. The van der Waals surface area contributed by atoms with Gasteiger partial charge in [-0.25, -0.2) is 4.79 Å². The van der Waals surface area contributed by atoms with Gasteiger partial charge in [0.15, 0.2) is 0 Å². The summed E-state index contributed by atoms with van der Waals surface area (Å²) in [5, 5.41) is 14.3. The van der Waals surface area contributed by atoms with Crippen LogP contribution in [0.3, 0.4) is 0 Å². The van der Waals surface area contributed by atoms with Crippen LogP contribution in [0.5, 0.6) is 0 Å². The zero-order valence-electron chi connectivity index (χ0n) is 12.7. The van der Waals surface area contributed by atoms with Crippen LogP contribution >= 0.6 is 0 Å². The van der Waals surface area contributed by atoms with Crippen molar-refractivity contribution in [1.29, 1.82) is 0 Å². The molecule has 0 saturated heterocycles. The fraction of sp³-hybridized carbons (Fsp3) is 0.846. The fourth-order valence-electron chi connectivity index (χ4n) is 1.53. The number of ether oxygens (including phenoxy) is 1. The lowest BCUT2D eigenvalue weighted by atomic mass is 10.1. The molecule has 2 amide bonds. The van der Waals surface area contributed by atoms with Crippen LogP contribution < -0.4 is 16.4 Å². The highest BCUT2D eigenvalue weighted by Gasteiger charge is 2.24. The van der Waals surface area contributed by atoms with Crippen molar-refractivity contribution in [1.82, 2.24) is 10.6 Å². The van der Waals surface area contributed by atoms with Gasteiger partial charge < -0.3 is 26.2 Å². The van der Waals surface area contributed by atoms with E-state index >= 15 is 0 Å². The van der Waals surface area contributed by atoms with Crippen LogP contribution in [-0.4, -0.2) is 47.9 Å². The maximum absolute atomic E-state index is 11.9. The maximum atomic E-state index is 11.9. The van der Waals surface area contributed by atoms with E-state index in [0.29, 0.717) is 13.0 Å². The zero-order valence-corrected chi connectivity index (χ0v) is 12.7. The third kappa shape index (κ3) is 7.96. The number of aliphatic hydroxyl groups excluding tert-OH is 1. The second-order valence-corrected chi connectivity index (χ2v) is 5.57. The molecular weight excluding hydrogens is 262 g/mol. The van der Waals surface area contributed by atoms with Crippen LogP contribution in [0.1, 0.15) is 40.5 Å². The van der Waals surface area contributed by atoms with E-state index in [1.165, 1.54) is 0 Å². The van der Waals surface area contributed by atoms with Gasteiger partial charge in [-0.15, -0.1) is 0 Å². The van der Waals surface area contributed by atoms with Gasteiger partial charge in [0, 0.05) is 6.04 Å². The summed E-state index contributed by atoms with van der Waals surface area (Å²) in [5.74, 6) is -0.446. The predicted octanol–water partition coefficient (Wildman–Crippen LogP) is 0.116. The molecule has 0 aliphatic rings. The zero-order chi connectivity index (χ0) is 15.8. The second-order valence-electron chi connectivity index (χ2n) is 5.57. The summed E-state index contributed by atoms with van der Waals surface area (Å²) in [6, 6.07) is -1.10. The summed E-state index contributed by atoms with van der Waals surface area (Å²) in [6.07, 6.45) is 0.638. The number of amides is 2.